The molecule has 4 nitrogen and oxygen atoms in total. The maximum Gasteiger partial charge on any atom is 0.175 e. The van der Waals surface area contributed by atoms with Gasteiger partial charge in [-0.15, -0.1) is 0 Å². The van der Waals surface area contributed by atoms with Crippen LogP contribution in [0.3, 0.4) is 0 Å². The predicted octanol–water partition coefficient (Wildman–Crippen LogP) is 1.93. The van der Waals surface area contributed by atoms with Crippen LogP contribution in [0.4, 0.5) is 5.69 Å². The van der Waals surface area contributed by atoms with Gasteiger partial charge >= 0.3 is 0 Å². The molecule has 17 heavy (non-hydrogen) atoms. The molecule has 0 aliphatic carbocycles. The molecule has 0 aromatic heterocycles. The van der Waals surface area contributed by atoms with Gasteiger partial charge < -0.3 is 10.1 Å². The van der Waals surface area contributed by atoms with Crippen LogP contribution in [0.25, 0.3) is 0 Å². The van der Waals surface area contributed by atoms with E-state index >= 15 is 0 Å². The molecular formula is C12H19NO3S. The van der Waals surface area contributed by atoms with Gasteiger partial charge in [0.25, 0.3) is 0 Å². The van der Waals surface area contributed by atoms with Crippen molar-refractivity contribution in [2.24, 2.45) is 0 Å². The van der Waals surface area contributed by atoms with Crippen molar-refractivity contribution in [1.82, 2.24) is 0 Å². The lowest BCUT2D eigenvalue weighted by Gasteiger charge is -2.14. The number of hydrogen-bond donors (Lipinski definition) is 1. The van der Waals surface area contributed by atoms with Crippen molar-refractivity contribution in [2.75, 3.05) is 25.3 Å². The summed E-state index contributed by atoms with van der Waals surface area (Å²) in [6.07, 6.45) is 2.11. The van der Waals surface area contributed by atoms with Gasteiger partial charge in [0, 0.05) is 31.7 Å². The van der Waals surface area contributed by atoms with E-state index in [0.717, 1.165) is 12.1 Å². The van der Waals surface area contributed by atoms with Gasteiger partial charge in [0.05, 0.1) is 4.90 Å². The third kappa shape index (κ3) is 4.75. The van der Waals surface area contributed by atoms with Gasteiger partial charge in [0.2, 0.25) is 0 Å². The Labute approximate surface area is 103 Å². The highest BCUT2D eigenvalue weighted by molar-refractivity contribution is 7.90. The lowest BCUT2D eigenvalue weighted by atomic mass is 10.2. The lowest BCUT2D eigenvalue weighted by molar-refractivity contribution is 0.191. The second-order valence-electron chi connectivity index (χ2n) is 4.12. The molecule has 0 aliphatic heterocycles. The average molecular weight is 257 g/mol. The molecule has 0 amide bonds. The fraction of sp³-hybridized carbons (Fsp3) is 0.500. The Morgan fingerprint density at radius 1 is 1.29 bits per heavy atom. The van der Waals surface area contributed by atoms with Gasteiger partial charge in [0.15, 0.2) is 9.84 Å². The van der Waals surface area contributed by atoms with Crippen molar-refractivity contribution in [3.63, 3.8) is 0 Å². The van der Waals surface area contributed by atoms with E-state index in [4.69, 9.17) is 4.74 Å². The second-order valence-corrected chi connectivity index (χ2v) is 6.14. The van der Waals surface area contributed by atoms with Gasteiger partial charge in [-0.05, 0) is 37.6 Å². The SMILES string of the molecule is COCCC(C)Nc1ccc(S(C)(=O)=O)cc1. The number of sulfone groups is 1. The zero-order valence-corrected chi connectivity index (χ0v) is 11.3. The van der Waals surface area contributed by atoms with E-state index < -0.39 is 9.84 Å². The normalized spacial score (nSPS) is 13.4. The number of ether oxygens (including phenoxy) is 1. The fourth-order valence-corrected chi connectivity index (χ4v) is 2.08. The number of hydrogen-bond acceptors (Lipinski definition) is 4. The molecule has 0 fully saturated rings. The second kappa shape index (κ2) is 6.02. The number of anilines is 1. The Bertz CT molecular complexity index is 439. The summed E-state index contributed by atoms with van der Waals surface area (Å²) in [5.74, 6) is 0. The van der Waals surface area contributed by atoms with Crippen LogP contribution >= 0.6 is 0 Å². The van der Waals surface area contributed by atoms with Crippen LogP contribution in [0, 0.1) is 0 Å². The summed E-state index contributed by atoms with van der Waals surface area (Å²) in [5.41, 5.74) is 0.918. The maximum atomic E-state index is 11.3. The number of nitrogens with one attached hydrogen (secondary N) is 1. The predicted molar refractivity (Wildman–Crippen MR) is 69.1 cm³/mol. The number of methoxy groups -OCH3 is 1. The molecule has 0 spiro atoms. The summed E-state index contributed by atoms with van der Waals surface area (Å²) in [7, 11) is -1.44. The molecule has 1 atom stereocenters. The molecule has 1 aromatic rings. The summed E-state index contributed by atoms with van der Waals surface area (Å²) >= 11 is 0. The minimum Gasteiger partial charge on any atom is -0.385 e. The van der Waals surface area contributed by atoms with E-state index in [9.17, 15) is 8.42 Å². The Morgan fingerprint density at radius 3 is 2.35 bits per heavy atom. The molecule has 0 saturated carbocycles. The van der Waals surface area contributed by atoms with Crippen molar-refractivity contribution >= 4 is 15.5 Å². The molecule has 0 heterocycles. The average Bonchev–Trinajstić information content (AvgIpc) is 2.26. The van der Waals surface area contributed by atoms with Crippen LogP contribution in [-0.2, 0) is 14.6 Å². The van der Waals surface area contributed by atoms with E-state index in [1.165, 1.54) is 6.26 Å². The standard InChI is InChI=1S/C12H19NO3S/c1-10(8-9-16-2)13-11-4-6-12(7-5-11)17(3,14)15/h4-7,10,13H,8-9H2,1-3H3. The third-order valence-corrected chi connectivity index (χ3v) is 3.58. The first-order valence-electron chi connectivity index (χ1n) is 5.49. The highest BCUT2D eigenvalue weighted by atomic mass is 32.2. The van der Waals surface area contributed by atoms with Gasteiger partial charge in [-0.1, -0.05) is 0 Å². The minimum absolute atomic E-state index is 0.291. The van der Waals surface area contributed by atoms with E-state index in [2.05, 4.69) is 12.2 Å². The summed E-state index contributed by atoms with van der Waals surface area (Å²) < 4.78 is 27.5. The Balaban J connectivity index is 2.63. The molecule has 1 aromatic carbocycles. The van der Waals surface area contributed by atoms with Crippen molar-refractivity contribution in [3.05, 3.63) is 24.3 Å². The maximum absolute atomic E-state index is 11.3. The smallest absolute Gasteiger partial charge is 0.175 e. The molecule has 0 radical (unpaired) electrons. The van der Waals surface area contributed by atoms with E-state index in [-0.39, 0.29) is 0 Å². The van der Waals surface area contributed by atoms with Gasteiger partial charge in [-0.3, -0.25) is 0 Å². The molecule has 1 rings (SSSR count). The van der Waals surface area contributed by atoms with Crippen molar-refractivity contribution in [1.29, 1.82) is 0 Å². The van der Waals surface area contributed by atoms with Crippen LogP contribution < -0.4 is 5.32 Å². The Hall–Kier alpha value is -1.07. The molecular weight excluding hydrogens is 238 g/mol. The molecule has 0 bridgehead atoms. The fourth-order valence-electron chi connectivity index (χ4n) is 1.45. The molecule has 5 heteroatoms. The molecule has 0 saturated heterocycles. The molecule has 1 unspecified atom stereocenters. The lowest BCUT2D eigenvalue weighted by Crippen LogP contribution is -2.17. The van der Waals surface area contributed by atoms with Gasteiger partial charge in [-0.2, -0.15) is 0 Å². The largest absolute Gasteiger partial charge is 0.385 e. The topological polar surface area (TPSA) is 55.4 Å². The summed E-state index contributed by atoms with van der Waals surface area (Å²) in [6, 6.07) is 7.07. The molecule has 96 valence electrons. The van der Waals surface area contributed by atoms with Crippen LogP contribution in [0.2, 0.25) is 0 Å². The first kappa shape index (κ1) is 14.0. The zero-order chi connectivity index (χ0) is 12.9. The first-order valence-corrected chi connectivity index (χ1v) is 7.38. The van der Waals surface area contributed by atoms with Crippen molar-refractivity contribution < 1.29 is 13.2 Å². The quantitative estimate of drug-likeness (QED) is 0.846. The Morgan fingerprint density at radius 2 is 1.88 bits per heavy atom. The Kier molecular flexibility index (Phi) is 4.96. The van der Waals surface area contributed by atoms with E-state index in [1.807, 2.05) is 0 Å². The summed E-state index contributed by atoms with van der Waals surface area (Å²) in [4.78, 5) is 0.340. The van der Waals surface area contributed by atoms with Crippen molar-refractivity contribution in [2.45, 2.75) is 24.3 Å². The van der Waals surface area contributed by atoms with Gasteiger partial charge in [0.1, 0.15) is 0 Å². The highest BCUT2D eigenvalue weighted by Gasteiger charge is 2.07. The minimum atomic E-state index is -3.11. The monoisotopic (exact) mass is 257 g/mol. The van der Waals surface area contributed by atoms with Crippen LogP contribution in [-0.4, -0.2) is 34.4 Å². The first-order chi connectivity index (χ1) is 7.93. The van der Waals surface area contributed by atoms with Crippen LogP contribution in [0.5, 0.6) is 0 Å². The van der Waals surface area contributed by atoms with E-state index in [0.29, 0.717) is 17.5 Å². The van der Waals surface area contributed by atoms with Crippen LogP contribution in [0.1, 0.15) is 13.3 Å². The summed E-state index contributed by atoms with van der Waals surface area (Å²) in [5, 5.41) is 3.28. The van der Waals surface area contributed by atoms with E-state index in [1.54, 1.807) is 31.4 Å². The summed E-state index contributed by atoms with van der Waals surface area (Å²) in [6.45, 7) is 2.76. The number of rotatable bonds is 6. The molecule has 0 aliphatic rings. The molecule has 1 N–H and O–H groups in total. The van der Waals surface area contributed by atoms with Crippen LogP contribution in [0.15, 0.2) is 29.2 Å². The van der Waals surface area contributed by atoms with Gasteiger partial charge in [-0.25, -0.2) is 8.42 Å². The zero-order valence-electron chi connectivity index (χ0n) is 10.4. The third-order valence-electron chi connectivity index (χ3n) is 2.45. The van der Waals surface area contributed by atoms with Crippen molar-refractivity contribution in [3.8, 4) is 0 Å². The number of benzene rings is 1. The highest BCUT2D eigenvalue weighted by Crippen LogP contribution is 2.15.